The summed E-state index contributed by atoms with van der Waals surface area (Å²) in [5.41, 5.74) is 4.71. The maximum Gasteiger partial charge on any atom is 0.247 e. The van der Waals surface area contributed by atoms with Crippen molar-refractivity contribution in [1.29, 1.82) is 0 Å². The van der Waals surface area contributed by atoms with Gasteiger partial charge >= 0.3 is 0 Å². The fourth-order valence-electron chi connectivity index (χ4n) is 1.64. The molecule has 0 unspecified atom stereocenters. The van der Waals surface area contributed by atoms with Gasteiger partial charge < -0.3 is 0 Å². The highest BCUT2D eigenvalue weighted by Crippen LogP contribution is 2.10. The molecule has 0 bridgehead atoms. The number of carbonyl (C=O) groups is 1. The summed E-state index contributed by atoms with van der Waals surface area (Å²) in [4.78, 5) is 16.2. The first-order valence-electron chi connectivity index (χ1n) is 6.10. The van der Waals surface area contributed by atoms with Crippen LogP contribution in [-0.4, -0.2) is 12.5 Å². The number of hydrogen-bond acceptors (Lipinski definition) is 2. The Morgan fingerprint density at radius 3 is 2.35 bits per heavy atom. The standard InChI is InChI=1S/C14H21NO2/c1-4-17-15-14(16)10-13-7-5-12(6-8-13)9-11(2)3/h5-8,11H,4,9-10H2,1-3H3,(H,15,16). The number of hydrogen-bond donors (Lipinski definition) is 1. The minimum absolute atomic E-state index is 0.108. The van der Waals surface area contributed by atoms with E-state index in [0.29, 0.717) is 18.9 Å². The van der Waals surface area contributed by atoms with Gasteiger partial charge in [0.05, 0.1) is 13.0 Å². The predicted octanol–water partition coefficient (Wildman–Crippen LogP) is 2.50. The fraction of sp³-hybridized carbons (Fsp3) is 0.500. The molecule has 1 aromatic carbocycles. The van der Waals surface area contributed by atoms with Crippen molar-refractivity contribution in [2.24, 2.45) is 5.92 Å². The smallest absolute Gasteiger partial charge is 0.247 e. The van der Waals surface area contributed by atoms with Crippen LogP contribution in [-0.2, 0) is 22.5 Å². The maximum absolute atomic E-state index is 11.4. The van der Waals surface area contributed by atoms with Crippen LogP contribution >= 0.6 is 0 Å². The molecule has 0 aliphatic rings. The Morgan fingerprint density at radius 2 is 1.82 bits per heavy atom. The average Bonchev–Trinajstić information content (AvgIpc) is 2.28. The molecule has 1 rings (SSSR count). The Balaban J connectivity index is 2.47. The first kappa shape index (κ1) is 13.7. The van der Waals surface area contributed by atoms with Gasteiger partial charge in [-0.2, -0.15) is 0 Å². The predicted molar refractivity (Wildman–Crippen MR) is 68.5 cm³/mol. The molecule has 94 valence electrons. The molecule has 1 amide bonds. The van der Waals surface area contributed by atoms with Crippen LogP contribution < -0.4 is 5.48 Å². The molecule has 0 heterocycles. The zero-order chi connectivity index (χ0) is 12.7. The molecule has 3 heteroatoms. The van der Waals surface area contributed by atoms with Crippen molar-refractivity contribution in [3.8, 4) is 0 Å². The van der Waals surface area contributed by atoms with E-state index in [1.165, 1.54) is 5.56 Å². The summed E-state index contributed by atoms with van der Waals surface area (Å²) in [7, 11) is 0. The number of hydroxylamine groups is 1. The van der Waals surface area contributed by atoms with Crippen LogP contribution in [0.2, 0.25) is 0 Å². The molecule has 0 aliphatic heterocycles. The number of nitrogens with one attached hydrogen (secondary N) is 1. The summed E-state index contributed by atoms with van der Waals surface area (Å²) in [6.07, 6.45) is 1.44. The SMILES string of the molecule is CCONC(=O)Cc1ccc(CC(C)C)cc1. The third-order valence-corrected chi connectivity index (χ3v) is 2.36. The van der Waals surface area contributed by atoms with Crippen LogP contribution in [0, 0.1) is 5.92 Å². The lowest BCUT2D eigenvalue weighted by Crippen LogP contribution is -2.25. The van der Waals surface area contributed by atoms with Crippen LogP contribution in [0.25, 0.3) is 0 Å². The zero-order valence-electron chi connectivity index (χ0n) is 10.8. The Hall–Kier alpha value is -1.35. The summed E-state index contributed by atoms with van der Waals surface area (Å²) in [6, 6.07) is 8.18. The van der Waals surface area contributed by atoms with Gasteiger partial charge in [0.15, 0.2) is 0 Å². The van der Waals surface area contributed by atoms with Crippen LogP contribution in [0.15, 0.2) is 24.3 Å². The van der Waals surface area contributed by atoms with E-state index >= 15 is 0 Å². The maximum atomic E-state index is 11.4. The fourth-order valence-corrected chi connectivity index (χ4v) is 1.64. The molecule has 3 nitrogen and oxygen atoms in total. The Morgan fingerprint density at radius 1 is 1.24 bits per heavy atom. The van der Waals surface area contributed by atoms with Gasteiger partial charge in [-0.3, -0.25) is 9.63 Å². The van der Waals surface area contributed by atoms with Gasteiger partial charge in [-0.15, -0.1) is 0 Å². The highest BCUT2D eigenvalue weighted by atomic mass is 16.6. The van der Waals surface area contributed by atoms with E-state index in [9.17, 15) is 4.79 Å². The van der Waals surface area contributed by atoms with Crippen molar-refractivity contribution < 1.29 is 9.63 Å². The van der Waals surface area contributed by atoms with Crippen LogP contribution in [0.4, 0.5) is 0 Å². The van der Waals surface area contributed by atoms with Gasteiger partial charge in [0.1, 0.15) is 0 Å². The second-order valence-electron chi connectivity index (χ2n) is 4.55. The van der Waals surface area contributed by atoms with Gasteiger partial charge in [-0.1, -0.05) is 38.1 Å². The van der Waals surface area contributed by atoms with Crippen molar-refractivity contribution >= 4 is 5.91 Å². The first-order chi connectivity index (χ1) is 8.11. The summed E-state index contributed by atoms with van der Waals surface area (Å²) in [6.45, 7) is 6.72. The lowest BCUT2D eigenvalue weighted by molar-refractivity contribution is -0.132. The van der Waals surface area contributed by atoms with Gasteiger partial charge in [-0.25, -0.2) is 5.48 Å². The Bertz CT molecular complexity index is 344. The van der Waals surface area contributed by atoms with Crippen molar-refractivity contribution in [3.63, 3.8) is 0 Å². The molecular weight excluding hydrogens is 214 g/mol. The third kappa shape index (κ3) is 5.50. The van der Waals surface area contributed by atoms with Crippen molar-refractivity contribution in [2.45, 2.75) is 33.6 Å². The molecule has 0 saturated heterocycles. The molecule has 0 aromatic heterocycles. The molecule has 17 heavy (non-hydrogen) atoms. The van der Waals surface area contributed by atoms with Crippen molar-refractivity contribution in [1.82, 2.24) is 5.48 Å². The zero-order valence-corrected chi connectivity index (χ0v) is 10.8. The Kier molecular flexibility index (Phi) is 5.70. The van der Waals surface area contributed by atoms with Gasteiger partial charge in [0, 0.05) is 0 Å². The van der Waals surface area contributed by atoms with Crippen molar-refractivity contribution in [3.05, 3.63) is 35.4 Å². The van der Waals surface area contributed by atoms with Gasteiger partial charge in [0.25, 0.3) is 0 Å². The van der Waals surface area contributed by atoms with E-state index in [2.05, 4.69) is 31.5 Å². The first-order valence-corrected chi connectivity index (χ1v) is 6.10. The topological polar surface area (TPSA) is 38.3 Å². The highest BCUT2D eigenvalue weighted by molar-refractivity contribution is 5.77. The third-order valence-electron chi connectivity index (χ3n) is 2.36. The second kappa shape index (κ2) is 7.07. The van der Waals surface area contributed by atoms with E-state index in [4.69, 9.17) is 4.84 Å². The number of benzene rings is 1. The molecule has 0 saturated carbocycles. The molecule has 1 N–H and O–H groups in total. The van der Waals surface area contributed by atoms with E-state index in [0.717, 1.165) is 12.0 Å². The number of amides is 1. The van der Waals surface area contributed by atoms with Crippen LogP contribution in [0.5, 0.6) is 0 Å². The molecule has 0 fully saturated rings. The summed E-state index contributed by atoms with van der Waals surface area (Å²) < 4.78 is 0. The molecule has 0 spiro atoms. The summed E-state index contributed by atoms with van der Waals surface area (Å²) >= 11 is 0. The van der Waals surface area contributed by atoms with Crippen LogP contribution in [0.3, 0.4) is 0 Å². The monoisotopic (exact) mass is 235 g/mol. The van der Waals surface area contributed by atoms with Crippen molar-refractivity contribution in [2.75, 3.05) is 6.61 Å². The Labute approximate surface area is 103 Å². The van der Waals surface area contributed by atoms with E-state index in [-0.39, 0.29) is 5.91 Å². The number of rotatable bonds is 6. The van der Waals surface area contributed by atoms with Gasteiger partial charge in [0.2, 0.25) is 5.91 Å². The summed E-state index contributed by atoms with van der Waals surface area (Å²) in [5, 5.41) is 0. The van der Waals surface area contributed by atoms with E-state index in [1.54, 1.807) is 0 Å². The lowest BCUT2D eigenvalue weighted by Gasteiger charge is -2.07. The quantitative estimate of drug-likeness (QED) is 0.769. The minimum Gasteiger partial charge on any atom is -0.274 e. The normalized spacial score (nSPS) is 10.6. The molecule has 0 radical (unpaired) electrons. The molecular formula is C14H21NO2. The molecule has 1 aromatic rings. The minimum atomic E-state index is -0.108. The highest BCUT2D eigenvalue weighted by Gasteiger charge is 2.03. The molecule has 0 atom stereocenters. The van der Waals surface area contributed by atoms with Crippen LogP contribution in [0.1, 0.15) is 31.9 Å². The average molecular weight is 235 g/mol. The van der Waals surface area contributed by atoms with E-state index in [1.807, 2.05) is 19.1 Å². The molecule has 0 aliphatic carbocycles. The summed E-state index contributed by atoms with van der Waals surface area (Å²) in [5.74, 6) is 0.547. The largest absolute Gasteiger partial charge is 0.274 e. The number of carbonyl (C=O) groups excluding carboxylic acids is 1. The lowest BCUT2D eigenvalue weighted by atomic mass is 10.0. The van der Waals surface area contributed by atoms with Gasteiger partial charge in [-0.05, 0) is 30.4 Å². The second-order valence-corrected chi connectivity index (χ2v) is 4.55. The van der Waals surface area contributed by atoms with E-state index < -0.39 is 0 Å².